The Balaban J connectivity index is 0.00000120. The van der Waals surface area contributed by atoms with E-state index in [0.29, 0.717) is 29.4 Å². The van der Waals surface area contributed by atoms with Gasteiger partial charge in [-0.15, -0.1) is 0 Å². The Morgan fingerprint density at radius 3 is 2.38 bits per heavy atom. The number of aromatic nitrogens is 3. The first-order chi connectivity index (χ1) is 14.1. The van der Waals surface area contributed by atoms with Crippen LogP contribution in [0.1, 0.15) is 70.1 Å². The molecule has 0 saturated heterocycles. The quantitative estimate of drug-likeness (QED) is 0.441. The third-order valence-electron chi connectivity index (χ3n) is 3.50. The number of fused-ring (bicyclic) bond motifs is 1. The molecule has 0 aliphatic carbocycles. The highest BCUT2D eigenvalue weighted by atomic mass is 35.5. The fourth-order valence-electron chi connectivity index (χ4n) is 2.45. The van der Waals surface area contributed by atoms with E-state index >= 15 is 0 Å². The van der Waals surface area contributed by atoms with Crippen LogP contribution < -0.4 is 0 Å². The van der Waals surface area contributed by atoms with E-state index in [1.165, 1.54) is 0 Å². The van der Waals surface area contributed by atoms with E-state index < -0.39 is 0 Å². The average Bonchev–Trinajstić information content (AvgIpc) is 3.12. The van der Waals surface area contributed by atoms with E-state index in [0.717, 1.165) is 16.5 Å². The second-order valence-corrected chi connectivity index (χ2v) is 5.66. The zero-order valence-corrected chi connectivity index (χ0v) is 19.7. The minimum Gasteiger partial charge on any atom is -0.462 e. The van der Waals surface area contributed by atoms with Gasteiger partial charge in [-0.25, -0.2) is 4.79 Å². The van der Waals surface area contributed by atoms with Gasteiger partial charge >= 0.3 is 5.97 Å². The number of carbonyl (C=O) groups is 1. The van der Waals surface area contributed by atoms with Crippen molar-refractivity contribution in [2.24, 2.45) is 0 Å². The normalized spacial score (nSPS) is 9.28. The highest BCUT2D eigenvalue weighted by molar-refractivity contribution is 6.31. The lowest BCUT2D eigenvalue weighted by atomic mass is 10.1. The van der Waals surface area contributed by atoms with Crippen LogP contribution >= 0.6 is 11.6 Å². The molecule has 5 nitrogen and oxygen atoms in total. The van der Waals surface area contributed by atoms with Gasteiger partial charge in [0.2, 0.25) is 0 Å². The Morgan fingerprint density at radius 1 is 1.10 bits per heavy atom. The first-order valence-corrected chi connectivity index (χ1v) is 10.7. The van der Waals surface area contributed by atoms with Crippen LogP contribution in [0.3, 0.4) is 0 Å². The molecule has 2 heterocycles. The van der Waals surface area contributed by atoms with Crippen LogP contribution in [0.15, 0.2) is 36.7 Å². The van der Waals surface area contributed by atoms with Crippen LogP contribution in [0.2, 0.25) is 5.02 Å². The lowest BCUT2D eigenvalue weighted by molar-refractivity contribution is 0.0525. The Hall–Kier alpha value is -2.40. The molecule has 0 amide bonds. The molecule has 0 radical (unpaired) electrons. The van der Waals surface area contributed by atoms with E-state index in [1.807, 2.05) is 65.8 Å². The standard InChI is InChI=1S/C17H16ClN3O2.3C2H6/c1-3-23-17(22)15-10-21(20-11(15)2)9-12-4-5-16-13(6-12)7-14(18)8-19-16;3*1-2/h4-8,10H,3,9H2,1-2H3;3*1-2H3. The summed E-state index contributed by atoms with van der Waals surface area (Å²) in [6, 6.07) is 7.84. The Morgan fingerprint density at radius 2 is 1.76 bits per heavy atom. The summed E-state index contributed by atoms with van der Waals surface area (Å²) in [6.07, 6.45) is 3.35. The van der Waals surface area contributed by atoms with Crippen molar-refractivity contribution in [1.29, 1.82) is 0 Å². The number of benzene rings is 1. The van der Waals surface area contributed by atoms with Crippen molar-refractivity contribution in [2.75, 3.05) is 6.61 Å². The number of esters is 1. The fraction of sp³-hybridized carbons (Fsp3) is 0.435. The summed E-state index contributed by atoms with van der Waals surface area (Å²) in [5, 5.41) is 5.96. The maximum absolute atomic E-state index is 11.8. The van der Waals surface area contributed by atoms with Crippen molar-refractivity contribution < 1.29 is 9.53 Å². The second kappa shape index (κ2) is 14.6. The van der Waals surface area contributed by atoms with Crippen molar-refractivity contribution in [3.8, 4) is 0 Å². The second-order valence-electron chi connectivity index (χ2n) is 5.23. The number of pyridine rings is 1. The Bertz CT molecular complexity index is 876. The molecule has 0 aliphatic rings. The molecule has 0 aliphatic heterocycles. The van der Waals surface area contributed by atoms with Gasteiger partial charge in [0.15, 0.2) is 0 Å². The minimum absolute atomic E-state index is 0.342. The van der Waals surface area contributed by atoms with Crippen molar-refractivity contribution >= 4 is 28.5 Å². The molecule has 0 fully saturated rings. The molecule has 0 atom stereocenters. The lowest BCUT2D eigenvalue weighted by Crippen LogP contribution is -2.05. The maximum Gasteiger partial charge on any atom is 0.341 e. The summed E-state index contributed by atoms with van der Waals surface area (Å²) in [5.41, 5.74) is 3.10. The molecule has 0 unspecified atom stereocenters. The van der Waals surface area contributed by atoms with Crippen molar-refractivity contribution in [3.05, 3.63) is 58.5 Å². The minimum atomic E-state index is -0.342. The number of hydrogen-bond donors (Lipinski definition) is 0. The third-order valence-corrected chi connectivity index (χ3v) is 3.71. The van der Waals surface area contributed by atoms with Crippen LogP contribution in [0.5, 0.6) is 0 Å². The first kappa shape index (κ1) is 26.6. The fourth-order valence-corrected chi connectivity index (χ4v) is 2.61. The van der Waals surface area contributed by atoms with Gasteiger partial charge < -0.3 is 4.74 Å². The van der Waals surface area contributed by atoms with Crippen molar-refractivity contribution in [2.45, 2.75) is 61.9 Å². The number of hydrogen-bond acceptors (Lipinski definition) is 4. The van der Waals surface area contributed by atoms with Crippen LogP contribution in [0, 0.1) is 6.92 Å². The largest absolute Gasteiger partial charge is 0.462 e. The number of aryl methyl sites for hydroxylation is 1. The molecule has 3 rings (SSSR count). The molecule has 3 aromatic rings. The predicted molar refractivity (Wildman–Crippen MR) is 123 cm³/mol. The molecule has 1 aromatic carbocycles. The first-order valence-electron chi connectivity index (χ1n) is 10.3. The SMILES string of the molecule is CC.CC.CC.CCOC(=O)c1cn(Cc2ccc3ncc(Cl)cc3c2)nc1C. The number of halogens is 1. The number of rotatable bonds is 4. The third kappa shape index (κ3) is 7.86. The summed E-state index contributed by atoms with van der Waals surface area (Å²) >= 11 is 5.99. The highest BCUT2D eigenvalue weighted by Crippen LogP contribution is 2.19. The lowest BCUT2D eigenvalue weighted by Gasteiger charge is -2.04. The van der Waals surface area contributed by atoms with Gasteiger partial charge in [-0.1, -0.05) is 59.2 Å². The smallest absolute Gasteiger partial charge is 0.341 e. The van der Waals surface area contributed by atoms with Gasteiger partial charge in [0.1, 0.15) is 5.56 Å². The van der Waals surface area contributed by atoms with Crippen molar-refractivity contribution in [1.82, 2.24) is 14.8 Å². The van der Waals surface area contributed by atoms with E-state index in [-0.39, 0.29) is 5.97 Å². The molecule has 6 heteroatoms. The van der Waals surface area contributed by atoms with E-state index in [2.05, 4.69) is 10.1 Å². The molecule has 0 spiro atoms. The van der Waals surface area contributed by atoms with Gasteiger partial charge in [0.25, 0.3) is 0 Å². The van der Waals surface area contributed by atoms with E-state index in [9.17, 15) is 4.79 Å². The molecular formula is C23H34ClN3O2. The number of nitrogens with zero attached hydrogens (tertiary/aromatic N) is 3. The summed E-state index contributed by atoms with van der Waals surface area (Å²) in [5.74, 6) is -0.342. The number of carbonyl (C=O) groups excluding carboxylic acids is 1. The summed E-state index contributed by atoms with van der Waals surface area (Å²) in [4.78, 5) is 16.1. The van der Waals surface area contributed by atoms with Crippen molar-refractivity contribution in [3.63, 3.8) is 0 Å². The predicted octanol–water partition coefficient (Wildman–Crippen LogP) is 6.70. The molecular weight excluding hydrogens is 386 g/mol. The molecule has 0 bridgehead atoms. The van der Waals surface area contributed by atoms with Gasteiger partial charge in [0, 0.05) is 17.8 Å². The Labute approximate surface area is 180 Å². The monoisotopic (exact) mass is 419 g/mol. The van der Waals surface area contributed by atoms with Gasteiger partial charge in [-0.05, 0) is 37.6 Å². The van der Waals surface area contributed by atoms with Gasteiger partial charge in [0.05, 0.1) is 29.4 Å². The van der Waals surface area contributed by atoms with Gasteiger partial charge in [-0.2, -0.15) is 5.10 Å². The topological polar surface area (TPSA) is 57.0 Å². The van der Waals surface area contributed by atoms with E-state index in [1.54, 1.807) is 30.9 Å². The zero-order chi connectivity index (χ0) is 22.4. The summed E-state index contributed by atoms with van der Waals surface area (Å²) < 4.78 is 6.76. The summed E-state index contributed by atoms with van der Waals surface area (Å²) in [6.45, 7) is 16.5. The molecule has 0 N–H and O–H groups in total. The molecule has 2 aromatic heterocycles. The highest BCUT2D eigenvalue weighted by Gasteiger charge is 2.14. The number of ether oxygens (including phenoxy) is 1. The molecule has 0 saturated carbocycles. The van der Waals surface area contributed by atoms with Crippen LogP contribution in [0.25, 0.3) is 10.9 Å². The van der Waals surface area contributed by atoms with Gasteiger partial charge in [-0.3, -0.25) is 9.67 Å². The van der Waals surface area contributed by atoms with E-state index in [4.69, 9.17) is 16.3 Å². The zero-order valence-electron chi connectivity index (χ0n) is 18.9. The van der Waals surface area contributed by atoms with Crippen LogP contribution in [-0.2, 0) is 11.3 Å². The summed E-state index contributed by atoms with van der Waals surface area (Å²) in [7, 11) is 0. The van der Waals surface area contributed by atoms with Crippen LogP contribution in [0.4, 0.5) is 0 Å². The Kier molecular flexibility index (Phi) is 13.4. The maximum atomic E-state index is 11.8. The average molecular weight is 420 g/mol. The molecule has 160 valence electrons. The van der Waals surface area contributed by atoms with Crippen LogP contribution in [-0.4, -0.2) is 27.3 Å². The molecule has 29 heavy (non-hydrogen) atoms.